The average Bonchev–Trinajstić information content (AvgIpc) is 2.63. The van der Waals surface area contributed by atoms with E-state index < -0.39 is 0 Å². The molecule has 0 atom stereocenters. The fourth-order valence-electron chi connectivity index (χ4n) is 2.14. The number of aliphatic imine (C=N–C) groups is 1. The number of nitrogens with zero attached hydrogens (tertiary/aromatic N) is 2. The van der Waals surface area contributed by atoms with Gasteiger partial charge in [-0.25, -0.2) is 4.98 Å². The van der Waals surface area contributed by atoms with Crippen LogP contribution in [0.5, 0.6) is 5.88 Å². The van der Waals surface area contributed by atoms with Crippen LogP contribution in [0, 0.1) is 0 Å². The van der Waals surface area contributed by atoms with Gasteiger partial charge in [0.1, 0.15) is 6.61 Å². The Morgan fingerprint density at radius 1 is 1.16 bits per heavy atom. The monoisotopic (exact) mass is 362 g/mol. The lowest BCUT2D eigenvalue weighted by molar-refractivity contribution is 0.143. The molecule has 0 bridgehead atoms. The van der Waals surface area contributed by atoms with E-state index in [9.17, 15) is 0 Å². The van der Waals surface area contributed by atoms with E-state index in [1.54, 1.807) is 20.4 Å². The Bertz CT molecular complexity index is 694. The van der Waals surface area contributed by atoms with E-state index in [1.807, 2.05) is 36.4 Å². The minimum absolute atomic E-state index is 0.461. The molecule has 2 N–H and O–H groups in total. The third-order valence-electron chi connectivity index (χ3n) is 3.40. The van der Waals surface area contributed by atoms with Gasteiger partial charge in [-0.1, -0.05) is 29.8 Å². The lowest BCUT2D eigenvalue weighted by Gasteiger charge is -2.14. The Labute approximate surface area is 153 Å². The summed E-state index contributed by atoms with van der Waals surface area (Å²) in [5.74, 6) is 1.28. The molecule has 0 saturated heterocycles. The van der Waals surface area contributed by atoms with Crippen LogP contribution in [0.3, 0.4) is 0 Å². The highest BCUT2D eigenvalue weighted by Crippen LogP contribution is 2.14. The van der Waals surface area contributed by atoms with Gasteiger partial charge >= 0.3 is 0 Å². The number of hydrogen-bond donors (Lipinski definition) is 2. The van der Waals surface area contributed by atoms with Crippen molar-refractivity contribution in [2.45, 2.75) is 13.1 Å². The van der Waals surface area contributed by atoms with Crippen LogP contribution < -0.4 is 15.4 Å². The smallest absolute Gasteiger partial charge is 0.218 e. The van der Waals surface area contributed by atoms with Gasteiger partial charge in [-0.2, -0.15) is 0 Å². The summed E-state index contributed by atoms with van der Waals surface area (Å²) in [6.45, 7) is 2.16. The first-order valence-corrected chi connectivity index (χ1v) is 8.35. The zero-order chi connectivity index (χ0) is 17.9. The maximum Gasteiger partial charge on any atom is 0.218 e. The van der Waals surface area contributed by atoms with Crippen molar-refractivity contribution in [3.8, 4) is 5.88 Å². The molecule has 0 spiro atoms. The molecule has 0 saturated carbocycles. The van der Waals surface area contributed by atoms with Crippen LogP contribution in [-0.2, 0) is 17.8 Å². The second-order valence-corrected chi connectivity index (χ2v) is 5.65. The quantitative estimate of drug-likeness (QED) is 0.429. The van der Waals surface area contributed by atoms with Gasteiger partial charge in [0.2, 0.25) is 5.88 Å². The van der Waals surface area contributed by atoms with Crippen LogP contribution >= 0.6 is 11.6 Å². The first-order chi connectivity index (χ1) is 12.2. The predicted octanol–water partition coefficient (Wildman–Crippen LogP) is 2.63. The number of halogens is 1. The molecule has 134 valence electrons. The second-order valence-electron chi connectivity index (χ2n) is 5.22. The molecule has 0 amide bonds. The van der Waals surface area contributed by atoms with Crippen LogP contribution in [0.2, 0.25) is 5.02 Å². The normalized spacial score (nSPS) is 11.2. The van der Waals surface area contributed by atoms with Crippen molar-refractivity contribution in [3.05, 3.63) is 58.7 Å². The van der Waals surface area contributed by atoms with Crippen molar-refractivity contribution in [3.63, 3.8) is 0 Å². The Balaban J connectivity index is 1.88. The molecular formula is C18H23ClN4O2. The molecule has 7 heteroatoms. The van der Waals surface area contributed by atoms with Crippen molar-refractivity contribution in [2.24, 2.45) is 4.99 Å². The maximum absolute atomic E-state index is 6.00. The van der Waals surface area contributed by atoms with E-state index in [0.29, 0.717) is 38.1 Å². The molecule has 25 heavy (non-hydrogen) atoms. The van der Waals surface area contributed by atoms with Gasteiger partial charge in [0.25, 0.3) is 0 Å². The Kier molecular flexibility index (Phi) is 8.01. The van der Waals surface area contributed by atoms with E-state index in [1.165, 1.54) is 0 Å². The van der Waals surface area contributed by atoms with Crippen molar-refractivity contribution in [1.82, 2.24) is 15.6 Å². The van der Waals surface area contributed by atoms with Crippen LogP contribution in [0.4, 0.5) is 0 Å². The maximum atomic E-state index is 6.00. The standard InChI is InChI=1S/C18H23ClN4O2/c1-20-18(22-12-14-5-3-7-16(19)11-14)23-13-15-6-4-8-21-17(15)25-10-9-24-2/h3-8,11H,9-10,12-13H2,1-2H3,(H2,20,22,23). The van der Waals surface area contributed by atoms with E-state index in [0.717, 1.165) is 16.1 Å². The highest BCUT2D eigenvalue weighted by Gasteiger charge is 2.06. The molecule has 1 aromatic heterocycles. The van der Waals surface area contributed by atoms with Crippen molar-refractivity contribution in [2.75, 3.05) is 27.4 Å². The van der Waals surface area contributed by atoms with Crippen LogP contribution in [0.25, 0.3) is 0 Å². The number of aromatic nitrogens is 1. The summed E-state index contributed by atoms with van der Waals surface area (Å²) in [5.41, 5.74) is 2.03. The number of rotatable bonds is 8. The number of guanidine groups is 1. The molecular weight excluding hydrogens is 340 g/mol. The number of ether oxygens (including phenoxy) is 2. The SMILES string of the molecule is CN=C(NCc1cccc(Cl)c1)NCc1cccnc1OCCOC. The molecule has 0 radical (unpaired) electrons. The molecule has 2 rings (SSSR count). The molecule has 2 aromatic rings. The van der Waals surface area contributed by atoms with Gasteiger partial charge in [-0.3, -0.25) is 4.99 Å². The Morgan fingerprint density at radius 3 is 2.76 bits per heavy atom. The van der Waals surface area contributed by atoms with E-state index in [2.05, 4.69) is 20.6 Å². The predicted molar refractivity (Wildman–Crippen MR) is 100 cm³/mol. The largest absolute Gasteiger partial charge is 0.475 e. The molecule has 0 unspecified atom stereocenters. The minimum Gasteiger partial charge on any atom is -0.475 e. The lowest BCUT2D eigenvalue weighted by atomic mass is 10.2. The van der Waals surface area contributed by atoms with Gasteiger partial charge in [0, 0.05) is 44.0 Å². The fourth-order valence-corrected chi connectivity index (χ4v) is 2.36. The zero-order valence-electron chi connectivity index (χ0n) is 14.5. The third-order valence-corrected chi connectivity index (χ3v) is 3.63. The summed E-state index contributed by atoms with van der Waals surface area (Å²) in [6, 6.07) is 11.6. The van der Waals surface area contributed by atoms with Crippen molar-refractivity contribution >= 4 is 17.6 Å². The summed E-state index contributed by atoms with van der Waals surface area (Å²) in [4.78, 5) is 8.49. The number of nitrogens with one attached hydrogen (secondary N) is 2. The minimum atomic E-state index is 0.461. The Hall–Kier alpha value is -2.31. The summed E-state index contributed by atoms with van der Waals surface area (Å²) in [5, 5.41) is 7.23. The third kappa shape index (κ3) is 6.60. The molecule has 0 aliphatic heterocycles. The second kappa shape index (κ2) is 10.5. The molecule has 6 nitrogen and oxygen atoms in total. The van der Waals surface area contributed by atoms with Crippen molar-refractivity contribution in [1.29, 1.82) is 0 Å². The summed E-state index contributed by atoms with van der Waals surface area (Å²) in [6.07, 6.45) is 1.71. The van der Waals surface area contributed by atoms with Crippen LogP contribution in [0.1, 0.15) is 11.1 Å². The zero-order valence-corrected chi connectivity index (χ0v) is 15.2. The molecule has 0 fully saturated rings. The van der Waals surface area contributed by atoms with Gasteiger partial charge in [0.05, 0.1) is 6.61 Å². The first-order valence-electron chi connectivity index (χ1n) is 7.97. The van der Waals surface area contributed by atoms with Crippen LogP contribution in [0.15, 0.2) is 47.6 Å². The molecule has 1 heterocycles. The summed E-state index contributed by atoms with van der Waals surface area (Å²) in [7, 11) is 3.37. The van der Waals surface area contributed by atoms with Gasteiger partial charge in [-0.05, 0) is 23.8 Å². The van der Waals surface area contributed by atoms with E-state index in [-0.39, 0.29) is 0 Å². The highest BCUT2D eigenvalue weighted by molar-refractivity contribution is 6.30. The lowest BCUT2D eigenvalue weighted by Crippen LogP contribution is -2.36. The number of hydrogen-bond acceptors (Lipinski definition) is 4. The average molecular weight is 363 g/mol. The van der Waals surface area contributed by atoms with Crippen molar-refractivity contribution < 1.29 is 9.47 Å². The van der Waals surface area contributed by atoms with Crippen LogP contribution in [-0.4, -0.2) is 38.3 Å². The number of pyridine rings is 1. The van der Waals surface area contributed by atoms with Gasteiger partial charge in [0.15, 0.2) is 5.96 Å². The fraction of sp³-hybridized carbons (Fsp3) is 0.333. The number of methoxy groups -OCH3 is 1. The summed E-state index contributed by atoms with van der Waals surface area (Å²) < 4.78 is 10.6. The van der Waals surface area contributed by atoms with E-state index >= 15 is 0 Å². The molecule has 1 aromatic carbocycles. The first kappa shape index (κ1) is 19.0. The number of benzene rings is 1. The Morgan fingerprint density at radius 2 is 2.00 bits per heavy atom. The van der Waals surface area contributed by atoms with E-state index in [4.69, 9.17) is 21.1 Å². The highest BCUT2D eigenvalue weighted by atomic mass is 35.5. The van der Waals surface area contributed by atoms with Gasteiger partial charge < -0.3 is 20.1 Å². The molecule has 0 aliphatic rings. The molecule has 0 aliphatic carbocycles. The summed E-state index contributed by atoms with van der Waals surface area (Å²) >= 11 is 6.00. The topological polar surface area (TPSA) is 67.8 Å². The van der Waals surface area contributed by atoms with Gasteiger partial charge in [-0.15, -0.1) is 0 Å².